The van der Waals surface area contributed by atoms with Crippen LogP contribution in [0.5, 0.6) is 0 Å². The molecule has 0 spiro atoms. The molecule has 0 saturated heterocycles. The van der Waals surface area contributed by atoms with Gasteiger partial charge in [0.2, 0.25) is 0 Å². The molecular weight excluding hydrogens is 544 g/mol. The fourth-order valence-corrected chi connectivity index (χ4v) is 11.6. The van der Waals surface area contributed by atoms with E-state index in [1.165, 1.54) is 70.6 Å². The number of hydrogen-bond acceptors (Lipinski definition) is 1. The van der Waals surface area contributed by atoms with Gasteiger partial charge in [0.1, 0.15) is 0 Å². The summed E-state index contributed by atoms with van der Waals surface area (Å²) in [5, 5.41) is 9.81. The molecule has 0 heterocycles. The summed E-state index contributed by atoms with van der Waals surface area (Å²) in [6, 6.07) is 0. The van der Waals surface area contributed by atoms with Crippen molar-refractivity contribution >= 4 is 0 Å². The standard InChI is InChI=1S/C10H18O.3C10H17.Ti/c1-9(2)7-4-5-10(9,3)8(11)6-7;3*1-9(2)8-4-6-10(9,3)7-5-8;/h7-8,11H,4-6H2,1-3H3;3*6,8H,4-5,7H2,1-3H3;/q;3*-1;+3. The van der Waals surface area contributed by atoms with E-state index < -0.39 is 0 Å². The van der Waals surface area contributed by atoms with Crippen LogP contribution in [0, 0.1) is 86.3 Å². The summed E-state index contributed by atoms with van der Waals surface area (Å²) in [4.78, 5) is 0. The number of aliphatic hydroxyl groups excluding tert-OH is 1. The minimum Gasteiger partial charge on any atom is -0.393 e. The molecule has 9 atom stereocenters. The van der Waals surface area contributed by atoms with E-state index in [-0.39, 0.29) is 33.2 Å². The van der Waals surface area contributed by atoms with Crippen LogP contribution < -0.4 is 0 Å². The Kier molecular flexibility index (Phi) is 9.42. The summed E-state index contributed by atoms with van der Waals surface area (Å²) in [6.07, 6.45) is 24.1. The van der Waals surface area contributed by atoms with Crippen LogP contribution in [-0.2, 0) is 21.7 Å². The maximum atomic E-state index is 9.81. The fraction of sp³-hybridized carbons (Fsp3) is 0.925. The smallest absolute Gasteiger partial charge is 0.393 e. The van der Waals surface area contributed by atoms with Crippen LogP contribution in [0.1, 0.15) is 160 Å². The van der Waals surface area contributed by atoms with Crippen molar-refractivity contribution in [1.29, 1.82) is 0 Å². The Hall–Kier alpha value is 0.674. The molecule has 0 aromatic heterocycles. The van der Waals surface area contributed by atoms with Crippen molar-refractivity contribution in [3.63, 3.8) is 0 Å². The van der Waals surface area contributed by atoms with Crippen molar-refractivity contribution in [1.82, 2.24) is 0 Å². The molecule has 8 bridgehead atoms. The maximum absolute atomic E-state index is 9.81. The van der Waals surface area contributed by atoms with Crippen molar-refractivity contribution in [3.05, 3.63) is 19.3 Å². The van der Waals surface area contributed by atoms with Crippen molar-refractivity contribution < 1.29 is 26.8 Å². The first-order valence-electron chi connectivity index (χ1n) is 17.9. The molecule has 8 aliphatic carbocycles. The van der Waals surface area contributed by atoms with E-state index in [4.69, 9.17) is 0 Å². The number of hydrogen-bond donors (Lipinski definition) is 1. The Morgan fingerprint density at radius 3 is 0.833 bits per heavy atom. The Morgan fingerprint density at radius 1 is 0.452 bits per heavy atom. The van der Waals surface area contributed by atoms with Gasteiger partial charge in [-0.2, -0.15) is 35.5 Å². The molecule has 1 N–H and O–H groups in total. The van der Waals surface area contributed by atoms with E-state index in [0.29, 0.717) is 37.9 Å². The summed E-state index contributed by atoms with van der Waals surface area (Å²) in [6.45, 7) is 28.8. The second-order valence-corrected chi connectivity index (χ2v) is 19.6. The Bertz CT molecular complexity index is 850. The second-order valence-electron chi connectivity index (χ2n) is 19.6. The quantitative estimate of drug-likeness (QED) is 0.213. The molecule has 0 amide bonds. The van der Waals surface area contributed by atoms with Crippen LogP contribution in [0.3, 0.4) is 0 Å². The predicted molar refractivity (Wildman–Crippen MR) is 176 cm³/mol. The first-order chi connectivity index (χ1) is 18.7. The van der Waals surface area contributed by atoms with E-state index in [0.717, 1.165) is 30.1 Å². The van der Waals surface area contributed by atoms with E-state index in [1.807, 2.05) is 0 Å². The van der Waals surface area contributed by atoms with Gasteiger partial charge in [-0.3, -0.25) is 0 Å². The number of rotatable bonds is 0. The predicted octanol–water partition coefficient (Wildman–Crippen LogP) is 11.3. The molecule has 1 nitrogen and oxygen atoms in total. The van der Waals surface area contributed by atoms with Gasteiger partial charge in [0.25, 0.3) is 0 Å². The molecule has 239 valence electrons. The van der Waals surface area contributed by atoms with Gasteiger partial charge in [-0.05, 0) is 36.0 Å². The van der Waals surface area contributed by atoms with Crippen LogP contribution in [0.2, 0.25) is 0 Å². The molecule has 0 aromatic rings. The third kappa shape index (κ3) is 5.04. The minimum atomic E-state index is -0.0313. The second kappa shape index (κ2) is 11.1. The van der Waals surface area contributed by atoms with Gasteiger partial charge in [-0.15, -0.1) is 0 Å². The van der Waals surface area contributed by atoms with Gasteiger partial charge < -0.3 is 24.4 Å². The molecular formula is C40H69OTi. The van der Waals surface area contributed by atoms with Crippen molar-refractivity contribution in [2.75, 3.05) is 0 Å². The largest absolute Gasteiger partial charge is 3.00 e. The average molecular weight is 614 g/mol. The summed E-state index contributed by atoms with van der Waals surface area (Å²) < 4.78 is 0. The molecule has 8 aliphatic rings. The monoisotopic (exact) mass is 613 g/mol. The molecule has 2 heteroatoms. The van der Waals surface area contributed by atoms with E-state index in [1.54, 1.807) is 0 Å². The molecule has 42 heavy (non-hydrogen) atoms. The average Bonchev–Trinajstić information content (AvgIpc) is 3.65. The van der Waals surface area contributed by atoms with Crippen LogP contribution in [0.25, 0.3) is 0 Å². The zero-order chi connectivity index (χ0) is 30.5. The topological polar surface area (TPSA) is 20.2 Å². The summed E-state index contributed by atoms with van der Waals surface area (Å²) in [5.74, 6) is 3.77. The third-order valence-corrected chi connectivity index (χ3v) is 17.8. The Morgan fingerprint density at radius 2 is 0.762 bits per heavy atom. The molecule has 0 aliphatic heterocycles. The Balaban J connectivity index is 0.000000128. The van der Waals surface area contributed by atoms with Crippen molar-refractivity contribution in [3.8, 4) is 0 Å². The van der Waals surface area contributed by atoms with Gasteiger partial charge in [0, 0.05) is 0 Å². The normalized spacial score (nSPS) is 49.8. The van der Waals surface area contributed by atoms with E-state index in [9.17, 15) is 5.11 Å². The molecule has 8 fully saturated rings. The molecule has 8 rings (SSSR count). The molecule has 0 aromatic carbocycles. The van der Waals surface area contributed by atoms with Gasteiger partial charge >= 0.3 is 21.7 Å². The first kappa shape index (κ1) is 35.5. The number of fused-ring (bicyclic) bond motifs is 8. The van der Waals surface area contributed by atoms with Crippen LogP contribution in [-0.4, -0.2) is 11.2 Å². The van der Waals surface area contributed by atoms with Crippen molar-refractivity contribution in [2.24, 2.45) is 67.0 Å². The van der Waals surface area contributed by atoms with Gasteiger partial charge in [0.05, 0.1) is 6.10 Å². The minimum absolute atomic E-state index is 0. The summed E-state index contributed by atoms with van der Waals surface area (Å²) in [7, 11) is 0. The van der Waals surface area contributed by atoms with Crippen LogP contribution in [0.4, 0.5) is 0 Å². The zero-order valence-electron chi connectivity index (χ0n) is 30.1. The maximum Gasteiger partial charge on any atom is 3.00 e. The Labute approximate surface area is 278 Å². The number of aliphatic hydroxyl groups is 1. The van der Waals surface area contributed by atoms with Crippen LogP contribution in [0.15, 0.2) is 0 Å². The van der Waals surface area contributed by atoms with Gasteiger partial charge in [-0.25, -0.2) is 0 Å². The van der Waals surface area contributed by atoms with Crippen molar-refractivity contribution in [2.45, 2.75) is 166 Å². The summed E-state index contributed by atoms with van der Waals surface area (Å²) >= 11 is 0. The molecule has 8 saturated carbocycles. The van der Waals surface area contributed by atoms with E-state index in [2.05, 4.69) is 102 Å². The SMILES string of the molecule is CC1(C)C2CCC1(C)C(O)C2.CC12[CH-]CC(CC1)C2(C)C.CC12[CH-]CC(CC1)C2(C)C.CC12[CH-]CC(CC1)C2(C)C.[Ti+3]. The third-order valence-electron chi connectivity index (χ3n) is 17.8. The van der Waals surface area contributed by atoms with E-state index >= 15 is 0 Å². The summed E-state index contributed by atoms with van der Waals surface area (Å²) in [5.41, 5.74) is 4.16. The fourth-order valence-electron chi connectivity index (χ4n) is 11.6. The van der Waals surface area contributed by atoms with Gasteiger partial charge in [0.15, 0.2) is 0 Å². The first-order valence-corrected chi connectivity index (χ1v) is 17.9. The molecule has 9 unspecified atom stereocenters. The van der Waals surface area contributed by atoms with Crippen LogP contribution >= 0.6 is 0 Å². The zero-order valence-corrected chi connectivity index (χ0v) is 31.6. The van der Waals surface area contributed by atoms with Gasteiger partial charge in [-0.1, -0.05) is 156 Å². The molecule has 1 radical (unpaired) electrons.